The molecule has 0 radical (unpaired) electrons. The zero-order valence-corrected chi connectivity index (χ0v) is 14.1. The molecule has 0 saturated heterocycles. The molecule has 0 aromatic heterocycles. The van der Waals surface area contributed by atoms with E-state index >= 15 is 0 Å². The minimum atomic E-state index is 0.240. The van der Waals surface area contributed by atoms with Crippen molar-refractivity contribution < 1.29 is 4.74 Å². The minimum Gasteiger partial charge on any atom is -0.490 e. The number of aryl methyl sites for hydroxylation is 2. The Bertz CT molecular complexity index is 451. The molecule has 0 heterocycles. The summed E-state index contributed by atoms with van der Waals surface area (Å²) in [6.07, 6.45) is 2.54. The van der Waals surface area contributed by atoms with E-state index in [1.165, 1.54) is 15.6 Å². The fraction of sp³-hybridized carbons (Fsp3) is 0.625. The van der Waals surface area contributed by atoms with E-state index in [4.69, 9.17) is 4.74 Å². The van der Waals surface area contributed by atoms with Gasteiger partial charge in [-0.05, 0) is 50.6 Å². The van der Waals surface area contributed by atoms with Crippen molar-refractivity contribution >= 4 is 15.9 Å². The topological polar surface area (TPSA) is 21.3 Å². The van der Waals surface area contributed by atoms with Gasteiger partial charge in [0.1, 0.15) is 11.9 Å². The summed E-state index contributed by atoms with van der Waals surface area (Å²) < 4.78 is 7.43. The lowest BCUT2D eigenvalue weighted by Gasteiger charge is -2.53. The molecule has 1 aliphatic carbocycles. The molecule has 3 unspecified atom stereocenters. The Balaban J connectivity index is 2.15. The molecule has 1 aromatic rings. The highest BCUT2D eigenvalue weighted by atomic mass is 79.9. The Kier molecular flexibility index (Phi) is 4.26. The molecule has 0 amide bonds. The number of rotatable bonds is 4. The van der Waals surface area contributed by atoms with Gasteiger partial charge in [0, 0.05) is 22.4 Å². The van der Waals surface area contributed by atoms with Gasteiger partial charge in [-0.25, -0.2) is 0 Å². The van der Waals surface area contributed by atoms with E-state index in [2.05, 4.69) is 61.1 Å². The number of hydrogen-bond acceptors (Lipinski definition) is 2. The zero-order chi connectivity index (χ0) is 14.2. The molecule has 0 aliphatic heterocycles. The molecule has 1 fully saturated rings. The standard InChI is InChI=1S/C16H24BrNO/c1-6-16(4)13(18-5)9-14(16)19-12-7-10(2)15(17)11(3)8-12/h7-8,13-14,18H,6,9H2,1-5H3. The largest absolute Gasteiger partial charge is 0.490 e. The van der Waals surface area contributed by atoms with E-state index in [-0.39, 0.29) is 5.41 Å². The number of nitrogens with one attached hydrogen (secondary N) is 1. The van der Waals surface area contributed by atoms with E-state index < -0.39 is 0 Å². The molecule has 1 aromatic carbocycles. The van der Waals surface area contributed by atoms with Gasteiger partial charge in [0.15, 0.2) is 0 Å². The quantitative estimate of drug-likeness (QED) is 0.894. The molecule has 1 saturated carbocycles. The summed E-state index contributed by atoms with van der Waals surface area (Å²) in [5.41, 5.74) is 2.71. The molecule has 2 rings (SSSR count). The zero-order valence-electron chi connectivity index (χ0n) is 12.5. The molecule has 1 aliphatic rings. The second-order valence-electron chi connectivity index (χ2n) is 5.91. The van der Waals surface area contributed by atoms with Crippen LogP contribution >= 0.6 is 15.9 Å². The van der Waals surface area contributed by atoms with Crippen LogP contribution in [0.5, 0.6) is 5.75 Å². The third-order valence-corrected chi connectivity index (χ3v) is 6.03. The molecule has 0 spiro atoms. The maximum absolute atomic E-state index is 6.24. The SMILES string of the molecule is CCC1(C)C(NC)CC1Oc1cc(C)c(Br)c(C)c1. The number of hydrogen-bond donors (Lipinski definition) is 1. The van der Waals surface area contributed by atoms with Crippen LogP contribution in [-0.2, 0) is 0 Å². The van der Waals surface area contributed by atoms with Crippen LogP contribution in [0.15, 0.2) is 16.6 Å². The van der Waals surface area contributed by atoms with Crippen molar-refractivity contribution in [2.24, 2.45) is 5.41 Å². The van der Waals surface area contributed by atoms with Crippen LogP contribution in [0.4, 0.5) is 0 Å². The molecule has 3 atom stereocenters. The fourth-order valence-corrected chi connectivity index (χ4v) is 3.29. The van der Waals surface area contributed by atoms with Crippen molar-refractivity contribution in [1.29, 1.82) is 0 Å². The normalized spacial score (nSPS) is 30.0. The summed E-state index contributed by atoms with van der Waals surface area (Å²) in [4.78, 5) is 0. The average Bonchev–Trinajstić information content (AvgIpc) is 2.39. The maximum Gasteiger partial charge on any atom is 0.120 e. The molecule has 1 N–H and O–H groups in total. The van der Waals surface area contributed by atoms with E-state index in [0.717, 1.165) is 18.6 Å². The fourth-order valence-electron chi connectivity index (χ4n) is 3.06. The first-order chi connectivity index (χ1) is 8.92. The van der Waals surface area contributed by atoms with Crippen LogP contribution in [0.2, 0.25) is 0 Å². The van der Waals surface area contributed by atoms with E-state index in [1.54, 1.807) is 0 Å². The second-order valence-corrected chi connectivity index (χ2v) is 6.71. The first kappa shape index (κ1) is 14.9. The van der Waals surface area contributed by atoms with Crippen molar-refractivity contribution in [1.82, 2.24) is 5.32 Å². The maximum atomic E-state index is 6.24. The lowest BCUT2D eigenvalue weighted by atomic mass is 9.61. The molecule has 106 valence electrons. The highest BCUT2D eigenvalue weighted by Crippen LogP contribution is 2.46. The van der Waals surface area contributed by atoms with Crippen molar-refractivity contribution in [3.63, 3.8) is 0 Å². The molecule has 3 heteroatoms. The monoisotopic (exact) mass is 325 g/mol. The van der Waals surface area contributed by atoms with Gasteiger partial charge in [-0.3, -0.25) is 0 Å². The highest BCUT2D eigenvalue weighted by Gasteiger charge is 2.51. The van der Waals surface area contributed by atoms with E-state index in [1.807, 2.05) is 7.05 Å². The summed E-state index contributed by atoms with van der Waals surface area (Å²) in [6, 6.07) is 4.82. The van der Waals surface area contributed by atoms with Crippen LogP contribution in [0.3, 0.4) is 0 Å². The average molecular weight is 326 g/mol. The van der Waals surface area contributed by atoms with Gasteiger partial charge in [0.05, 0.1) is 0 Å². The van der Waals surface area contributed by atoms with Gasteiger partial charge in [-0.1, -0.05) is 29.8 Å². The predicted octanol–water partition coefficient (Wildman–Crippen LogP) is 4.22. The lowest BCUT2D eigenvalue weighted by Crippen LogP contribution is -2.62. The minimum absolute atomic E-state index is 0.240. The Hall–Kier alpha value is -0.540. The van der Waals surface area contributed by atoms with Crippen LogP contribution in [0.1, 0.15) is 37.8 Å². The van der Waals surface area contributed by atoms with Gasteiger partial charge in [-0.15, -0.1) is 0 Å². The third-order valence-electron chi connectivity index (χ3n) is 4.78. The van der Waals surface area contributed by atoms with Crippen molar-refractivity contribution in [2.45, 2.75) is 52.7 Å². The summed E-state index contributed by atoms with van der Waals surface area (Å²) >= 11 is 3.60. The summed E-state index contributed by atoms with van der Waals surface area (Å²) in [5.74, 6) is 0.998. The van der Waals surface area contributed by atoms with Gasteiger partial charge in [-0.2, -0.15) is 0 Å². The van der Waals surface area contributed by atoms with E-state index in [0.29, 0.717) is 12.1 Å². The Morgan fingerprint density at radius 2 is 1.95 bits per heavy atom. The van der Waals surface area contributed by atoms with Crippen LogP contribution < -0.4 is 10.1 Å². The molecule has 0 bridgehead atoms. The lowest BCUT2D eigenvalue weighted by molar-refractivity contribution is -0.0677. The highest BCUT2D eigenvalue weighted by molar-refractivity contribution is 9.10. The third kappa shape index (κ3) is 2.55. The van der Waals surface area contributed by atoms with Crippen molar-refractivity contribution in [3.8, 4) is 5.75 Å². The smallest absolute Gasteiger partial charge is 0.120 e. The van der Waals surface area contributed by atoms with E-state index in [9.17, 15) is 0 Å². The number of ether oxygens (including phenoxy) is 1. The Morgan fingerprint density at radius 3 is 2.42 bits per heavy atom. The first-order valence-electron chi connectivity index (χ1n) is 7.03. The Labute approximate surface area is 125 Å². The van der Waals surface area contributed by atoms with Crippen molar-refractivity contribution in [2.75, 3.05) is 7.05 Å². The van der Waals surface area contributed by atoms with Gasteiger partial charge < -0.3 is 10.1 Å². The van der Waals surface area contributed by atoms with Gasteiger partial charge in [0.2, 0.25) is 0 Å². The van der Waals surface area contributed by atoms with Crippen LogP contribution in [-0.4, -0.2) is 19.2 Å². The predicted molar refractivity (Wildman–Crippen MR) is 83.9 cm³/mol. The molecular weight excluding hydrogens is 302 g/mol. The van der Waals surface area contributed by atoms with Gasteiger partial charge in [0.25, 0.3) is 0 Å². The Morgan fingerprint density at radius 1 is 1.37 bits per heavy atom. The first-order valence-corrected chi connectivity index (χ1v) is 7.82. The molecular formula is C16H24BrNO. The molecule has 19 heavy (non-hydrogen) atoms. The number of benzene rings is 1. The summed E-state index contributed by atoms with van der Waals surface area (Å²) in [5, 5.41) is 3.40. The van der Waals surface area contributed by atoms with Crippen LogP contribution in [0.25, 0.3) is 0 Å². The second kappa shape index (κ2) is 5.45. The number of halogens is 1. The van der Waals surface area contributed by atoms with Gasteiger partial charge >= 0.3 is 0 Å². The summed E-state index contributed by atoms with van der Waals surface area (Å²) in [7, 11) is 2.04. The summed E-state index contributed by atoms with van der Waals surface area (Å²) in [6.45, 7) is 8.79. The molecule has 2 nitrogen and oxygen atoms in total. The van der Waals surface area contributed by atoms with Crippen molar-refractivity contribution in [3.05, 3.63) is 27.7 Å². The van der Waals surface area contributed by atoms with Crippen LogP contribution in [0, 0.1) is 19.3 Å².